The zero-order chi connectivity index (χ0) is 14.7. The lowest BCUT2D eigenvalue weighted by atomic mass is 10.2. The van der Waals surface area contributed by atoms with Crippen LogP contribution < -0.4 is 5.32 Å². The third-order valence-electron chi connectivity index (χ3n) is 3.29. The summed E-state index contributed by atoms with van der Waals surface area (Å²) in [5, 5.41) is 4.47. The van der Waals surface area contributed by atoms with Gasteiger partial charge in [-0.3, -0.25) is 4.98 Å². The fourth-order valence-corrected chi connectivity index (χ4v) is 2.29. The molecule has 2 aromatic heterocycles. The Hall–Kier alpha value is -2.40. The number of methoxy groups -OCH3 is 1. The lowest BCUT2D eigenvalue weighted by Crippen LogP contribution is -2.07. The van der Waals surface area contributed by atoms with Crippen molar-refractivity contribution in [2.24, 2.45) is 0 Å². The van der Waals surface area contributed by atoms with Crippen LogP contribution in [-0.2, 0) is 11.3 Å². The Balaban J connectivity index is 1.87. The van der Waals surface area contributed by atoms with Gasteiger partial charge in [-0.05, 0) is 31.2 Å². The van der Waals surface area contributed by atoms with Crippen LogP contribution in [0.5, 0.6) is 0 Å². The number of anilines is 2. The molecule has 5 heteroatoms. The van der Waals surface area contributed by atoms with Crippen molar-refractivity contribution < 1.29 is 4.74 Å². The maximum absolute atomic E-state index is 5.13. The first kappa shape index (κ1) is 13.6. The van der Waals surface area contributed by atoms with Crippen molar-refractivity contribution in [2.45, 2.75) is 13.5 Å². The van der Waals surface area contributed by atoms with Crippen LogP contribution in [0.4, 0.5) is 11.6 Å². The Kier molecular flexibility index (Phi) is 3.83. The molecular formula is C16H18N4O. The first-order valence-corrected chi connectivity index (χ1v) is 6.91. The molecular weight excluding hydrogens is 264 g/mol. The first-order chi connectivity index (χ1) is 10.3. The van der Waals surface area contributed by atoms with E-state index in [9.17, 15) is 0 Å². The average molecular weight is 282 g/mol. The molecule has 0 saturated heterocycles. The number of hydrogen-bond donors (Lipinski definition) is 1. The summed E-state index contributed by atoms with van der Waals surface area (Å²) in [4.78, 5) is 8.85. The molecule has 0 radical (unpaired) electrons. The standard InChI is InChI=1S/C16H18N4O/c1-12-11-20(8-9-21-2)16(18-12)19-14-5-6-15-13(10-14)4-3-7-17-15/h3-7,10-11H,8-9H2,1-2H3,(H,18,19). The van der Waals surface area contributed by atoms with Gasteiger partial charge in [-0.15, -0.1) is 0 Å². The van der Waals surface area contributed by atoms with Gasteiger partial charge in [0.2, 0.25) is 5.95 Å². The summed E-state index contributed by atoms with van der Waals surface area (Å²) in [5.74, 6) is 0.827. The highest BCUT2D eigenvalue weighted by Gasteiger charge is 2.06. The predicted octanol–water partition coefficient (Wildman–Crippen LogP) is 3.13. The van der Waals surface area contributed by atoms with Gasteiger partial charge in [0.1, 0.15) is 0 Å². The number of aromatic nitrogens is 3. The second kappa shape index (κ2) is 5.93. The topological polar surface area (TPSA) is 52.0 Å². The third-order valence-corrected chi connectivity index (χ3v) is 3.29. The highest BCUT2D eigenvalue weighted by Crippen LogP contribution is 2.21. The Bertz CT molecular complexity index is 751. The van der Waals surface area contributed by atoms with Gasteiger partial charge >= 0.3 is 0 Å². The predicted molar refractivity (Wildman–Crippen MR) is 83.9 cm³/mol. The number of fused-ring (bicyclic) bond motifs is 1. The van der Waals surface area contributed by atoms with Gasteiger partial charge < -0.3 is 14.6 Å². The van der Waals surface area contributed by atoms with Crippen LogP contribution in [0.25, 0.3) is 10.9 Å². The van der Waals surface area contributed by atoms with E-state index < -0.39 is 0 Å². The number of hydrogen-bond acceptors (Lipinski definition) is 4. The van der Waals surface area contributed by atoms with Crippen LogP contribution in [-0.4, -0.2) is 28.3 Å². The summed E-state index contributed by atoms with van der Waals surface area (Å²) in [7, 11) is 1.70. The van der Waals surface area contributed by atoms with E-state index in [-0.39, 0.29) is 0 Å². The highest BCUT2D eigenvalue weighted by molar-refractivity contribution is 5.82. The van der Waals surface area contributed by atoms with E-state index in [0.29, 0.717) is 6.61 Å². The molecule has 5 nitrogen and oxygen atoms in total. The third kappa shape index (κ3) is 3.03. The summed E-state index contributed by atoms with van der Waals surface area (Å²) in [6.07, 6.45) is 3.82. The van der Waals surface area contributed by atoms with Crippen molar-refractivity contribution in [1.29, 1.82) is 0 Å². The smallest absolute Gasteiger partial charge is 0.207 e. The van der Waals surface area contributed by atoms with E-state index in [1.807, 2.05) is 31.3 Å². The Morgan fingerprint density at radius 1 is 1.29 bits per heavy atom. The molecule has 0 unspecified atom stereocenters. The molecule has 1 aromatic carbocycles. The molecule has 0 bridgehead atoms. The fraction of sp³-hybridized carbons (Fsp3) is 0.250. The first-order valence-electron chi connectivity index (χ1n) is 6.91. The molecule has 21 heavy (non-hydrogen) atoms. The maximum atomic E-state index is 5.13. The lowest BCUT2D eigenvalue weighted by molar-refractivity contribution is 0.188. The minimum Gasteiger partial charge on any atom is -0.383 e. The number of imidazole rings is 1. The molecule has 0 aliphatic rings. The fourth-order valence-electron chi connectivity index (χ4n) is 2.29. The van der Waals surface area contributed by atoms with Gasteiger partial charge in [0, 0.05) is 37.1 Å². The SMILES string of the molecule is COCCn1cc(C)nc1Nc1ccc2ncccc2c1. The molecule has 0 aliphatic carbocycles. The molecule has 0 aliphatic heterocycles. The van der Waals surface area contributed by atoms with Gasteiger partial charge in [-0.25, -0.2) is 4.98 Å². The second-order valence-corrected chi connectivity index (χ2v) is 4.93. The molecule has 3 rings (SSSR count). The minimum absolute atomic E-state index is 0.659. The van der Waals surface area contributed by atoms with Gasteiger partial charge in [0.25, 0.3) is 0 Å². The van der Waals surface area contributed by atoms with E-state index in [0.717, 1.165) is 34.8 Å². The molecule has 3 aromatic rings. The Morgan fingerprint density at radius 3 is 3.05 bits per heavy atom. The van der Waals surface area contributed by atoms with Gasteiger partial charge in [-0.2, -0.15) is 0 Å². The van der Waals surface area contributed by atoms with Crippen LogP contribution >= 0.6 is 0 Å². The summed E-state index contributed by atoms with van der Waals surface area (Å²) in [6.45, 7) is 3.42. The zero-order valence-corrected chi connectivity index (χ0v) is 12.2. The molecule has 0 atom stereocenters. The molecule has 0 saturated carbocycles. The van der Waals surface area contributed by atoms with Crippen LogP contribution in [0.1, 0.15) is 5.69 Å². The van der Waals surface area contributed by atoms with E-state index in [1.165, 1.54) is 0 Å². The zero-order valence-electron chi connectivity index (χ0n) is 12.2. The molecule has 0 amide bonds. The van der Waals surface area contributed by atoms with Crippen molar-refractivity contribution in [1.82, 2.24) is 14.5 Å². The van der Waals surface area contributed by atoms with Crippen molar-refractivity contribution in [2.75, 3.05) is 19.0 Å². The normalized spacial score (nSPS) is 11.0. The van der Waals surface area contributed by atoms with Crippen LogP contribution in [0, 0.1) is 6.92 Å². The molecule has 1 N–H and O–H groups in total. The van der Waals surface area contributed by atoms with Crippen LogP contribution in [0.3, 0.4) is 0 Å². The molecule has 0 spiro atoms. The number of nitrogens with zero attached hydrogens (tertiary/aromatic N) is 3. The van der Waals surface area contributed by atoms with Crippen LogP contribution in [0.15, 0.2) is 42.7 Å². The maximum Gasteiger partial charge on any atom is 0.207 e. The van der Waals surface area contributed by atoms with E-state index >= 15 is 0 Å². The quantitative estimate of drug-likeness (QED) is 0.781. The van der Waals surface area contributed by atoms with E-state index in [1.54, 1.807) is 13.3 Å². The largest absolute Gasteiger partial charge is 0.383 e. The second-order valence-electron chi connectivity index (χ2n) is 4.93. The van der Waals surface area contributed by atoms with E-state index in [4.69, 9.17) is 4.74 Å². The summed E-state index contributed by atoms with van der Waals surface area (Å²) in [5.41, 5.74) is 2.97. The van der Waals surface area contributed by atoms with Gasteiger partial charge in [-0.1, -0.05) is 6.07 Å². The average Bonchev–Trinajstić information content (AvgIpc) is 2.84. The minimum atomic E-state index is 0.659. The van der Waals surface area contributed by atoms with Crippen molar-refractivity contribution in [3.05, 3.63) is 48.4 Å². The van der Waals surface area contributed by atoms with Gasteiger partial charge in [0.15, 0.2) is 0 Å². The Morgan fingerprint density at radius 2 is 2.19 bits per heavy atom. The summed E-state index contributed by atoms with van der Waals surface area (Å²) >= 11 is 0. The molecule has 0 fully saturated rings. The van der Waals surface area contributed by atoms with Gasteiger partial charge in [0.05, 0.1) is 17.8 Å². The molecule has 108 valence electrons. The van der Waals surface area contributed by atoms with E-state index in [2.05, 4.69) is 32.0 Å². The summed E-state index contributed by atoms with van der Waals surface area (Å²) in [6, 6.07) is 10.1. The number of aryl methyl sites for hydroxylation is 1. The number of benzene rings is 1. The van der Waals surface area contributed by atoms with Crippen molar-refractivity contribution in [3.8, 4) is 0 Å². The van der Waals surface area contributed by atoms with Crippen molar-refractivity contribution >= 4 is 22.5 Å². The number of ether oxygens (including phenoxy) is 1. The number of pyridine rings is 1. The number of nitrogens with one attached hydrogen (secondary N) is 1. The highest BCUT2D eigenvalue weighted by atomic mass is 16.5. The van der Waals surface area contributed by atoms with Crippen molar-refractivity contribution in [3.63, 3.8) is 0 Å². The molecule has 2 heterocycles. The Labute approximate surface area is 123 Å². The van der Waals surface area contributed by atoms with Crippen LogP contribution in [0.2, 0.25) is 0 Å². The monoisotopic (exact) mass is 282 g/mol. The summed E-state index contributed by atoms with van der Waals surface area (Å²) < 4.78 is 7.20. The lowest BCUT2D eigenvalue weighted by Gasteiger charge is -2.10. The number of rotatable bonds is 5.